The first-order valence-corrected chi connectivity index (χ1v) is 9.90. The van der Waals surface area contributed by atoms with Crippen molar-refractivity contribution in [1.29, 1.82) is 0 Å². The Bertz CT molecular complexity index is 1010. The van der Waals surface area contributed by atoms with Crippen LogP contribution >= 0.6 is 0 Å². The first-order chi connectivity index (χ1) is 14.3. The maximum Gasteiger partial charge on any atom is 0.309 e. The third kappa shape index (κ3) is 4.76. The minimum Gasteiger partial charge on any atom is -0.452 e. The van der Waals surface area contributed by atoms with Gasteiger partial charge in [0.05, 0.1) is 12.5 Å². The summed E-state index contributed by atoms with van der Waals surface area (Å²) in [6.45, 7) is 6.83. The molecule has 30 heavy (non-hydrogen) atoms. The van der Waals surface area contributed by atoms with Crippen LogP contribution in [0.4, 0.5) is 5.69 Å². The fourth-order valence-corrected chi connectivity index (χ4v) is 3.47. The second-order valence-electron chi connectivity index (χ2n) is 7.53. The summed E-state index contributed by atoms with van der Waals surface area (Å²) in [5, 5.41) is 2.81. The minimum absolute atomic E-state index is 0.0397. The normalized spacial score (nSPS) is 15.9. The first-order valence-electron chi connectivity index (χ1n) is 9.90. The molecule has 1 aliphatic rings. The summed E-state index contributed by atoms with van der Waals surface area (Å²) in [5.74, 6) is -1.11. The molecule has 1 heterocycles. The van der Waals surface area contributed by atoms with E-state index < -0.39 is 24.0 Å². The number of ether oxygens (including phenoxy) is 1. The summed E-state index contributed by atoms with van der Waals surface area (Å²) in [7, 11) is 0. The molecule has 2 aromatic rings. The van der Waals surface area contributed by atoms with Crippen molar-refractivity contribution < 1.29 is 19.1 Å². The molecule has 0 fully saturated rings. The van der Waals surface area contributed by atoms with Crippen molar-refractivity contribution in [3.8, 4) is 0 Å². The highest BCUT2D eigenvalue weighted by Gasteiger charge is 2.30. The molecule has 1 aliphatic heterocycles. The molecule has 6 nitrogen and oxygen atoms in total. The van der Waals surface area contributed by atoms with Crippen LogP contribution in [-0.2, 0) is 19.1 Å². The van der Waals surface area contributed by atoms with Gasteiger partial charge in [-0.2, -0.15) is 0 Å². The molecule has 2 aromatic carbocycles. The monoisotopic (exact) mass is 406 g/mol. The zero-order valence-corrected chi connectivity index (χ0v) is 17.6. The highest BCUT2D eigenvalue weighted by Crippen LogP contribution is 2.33. The van der Waals surface area contributed by atoms with Crippen LogP contribution in [0, 0.1) is 13.8 Å². The predicted octanol–water partition coefficient (Wildman–Crippen LogP) is 4.14. The number of hydrogen-bond acceptors (Lipinski definition) is 4. The molecule has 0 spiro atoms. The van der Waals surface area contributed by atoms with Gasteiger partial charge in [0.15, 0.2) is 6.10 Å². The van der Waals surface area contributed by atoms with Gasteiger partial charge in [0, 0.05) is 18.8 Å². The van der Waals surface area contributed by atoms with Gasteiger partial charge in [0.1, 0.15) is 0 Å². The molecule has 6 heteroatoms. The molecule has 0 saturated carbocycles. The molecule has 0 aromatic heterocycles. The van der Waals surface area contributed by atoms with Crippen molar-refractivity contribution in [3.63, 3.8) is 0 Å². The van der Waals surface area contributed by atoms with Crippen molar-refractivity contribution in [3.05, 3.63) is 70.9 Å². The van der Waals surface area contributed by atoms with E-state index in [1.165, 1.54) is 18.7 Å². The lowest BCUT2D eigenvalue weighted by Crippen LogP contribution is -2.35. The number of fused-ring (bicyclic) bond motifs is 1. The van der Waals surface area contributed by atoms with Crippen LogP contribution in [-0.4, -0.2) is 28.8 Å². The summed E-state index contributed by atoms with van der Waals surface area (Å²) >= 11 is 0. The van der Waals surface area contributed by atoms with Gasteiger partial charge in [-0.1, -0.05) is 36.4 Å². The Labute approximate surface area is 176 Å². The zero-order chi connectivity index (χ0) is 21.8. The van der Waals surface area contributed by atoms with Gasteiger partial charge in [-0.15, -0.1) is 0 Å². The SMILES string of the molecule is CC(=O)N1C=Cc2ccccc2[C@H]1CC(=O)O[C@@H](C)C(=O)Nc1cc(C)ccc1C. The molecule has 2 amide bonds. The summed E-state index contributed by atoms with van der Waals surface area (Å²) < 4.78 is 5.39. The quantitative estimate of drug-likeness (QED) is 0.758. The van der Waals surface area contributed by atoms with Crippen molar-refractivity contribution in [2.75, 3.05) is 5.32 Å². The van der Waals surface area contributed by atoms with Crippen molar-refractivity contribution in [2.45, 2.75) is 46.3 Å². The number of benzene rings is 2. The Hall–Kier alpha value is -3.41. The van der Waals surface area contributed by atoms with Crippen LogP contribution < -0.4 is 5.32 Å². The van der Waals surface area contributed by atoms with E-state index in [4.69, 9.17) is 4.74 Å². The van der Waals surface area contributed by atoms with Crippen molar-refractivity contribution >= 4 is 29.5 Å². The number of amides is 2. The summed E-state index contributed by atoms with van der Waals surface area (Å²) in [6, 6.07) is 12.9. The summed E-state index contributed by atoms with van der Waals surface area (Å²) in [4.78, 5) is 38.7. The van der Waals surface area contributed by atoms with E-state index in [0.29, 0.717) is 5.69 Å². The third-order valence-corrected chi connectivity index (χ3v) is 5.16. The Morgan fingerprint density at radius 1 is 1.13 bits per heavy atom. The highest BCUT2D eigenvalue weighted by atomic mass is 16.5. The highest BCUT2D eigenvalue weighted by molar-refractivity contribution is 5.95. The van der Waals surface area contributed by atoms with E-state index in [1.54, 1.807) is 6.20 Å². The number of nitrogens with zero attached hydrogens (tertiary/aromatic N) is 1. The number of esters is 1. The van der Waals surface area contributed by atoms with E-state index >= 15 is 0 Å². The molecule has 0 radical (unpaired) electrons. The number of hydrogen-bond donors (Lipinski definition) is 1. The molecule has 0 unspecified atom stereocenters. The van der Waals surface area contributed by atoms with E-state index in [1.807, 2.05) is 62.4 Å². The first kappa shape index (κ1) is 21.3. The standard InChI is InChI=1S/C24H26N2O4/c1-15-9-10-16(2)21(13-15)25-24(29)17(3)30-23(28)14-22-20-8-6-5-7-19(20)11-12-26(22)18(4)27/h5-13,17,22H,14H2,1-4H3,(H,25,29)/t17-,22+/m0/s1. The van der Waals surface area contributed by atoms with Crippen LogP contribution in [0.25, 0.3) is 6.08 Å². The number of nitrogens with one attached hydrogen (secondary N) is 1. The van der Waals surface area contributed by atoms with Gasteiger partial charge in [-0.05, 0) is 55.2 Å². The van der Waals surface area contributed by atoms with Gasteiger partial charge in [-0.3, -0.25) is 14.4 Å². The molecule has 0 saturated heterocycles. The van der Waals surface area contributed by atoms with Gasteiger partial charge in [0.25, 0.3) is 5.91 Å². The lowest BCUT2D eigenvalue weighted by atomic mass is 9.94. The Morgan fingerprint density at radius 3 is 2.60 bits per heavy atom. The Morgan fingerprint density at radius 2 is 1.87 bits per heavy atom. The van der Waals surface area contributed by atoms with Crippen molar-refractivity contribution in [1.82, 2.24) is 4.90 Å². The van der Waals surface area contributed by atoms with Crippen LogP contribution in [0.15, 0.2) is 48.7 Å². The topological polar surface area (TPSA) is 75.7 Å². The lowest BCUT2D eigenvalue weighted by Gasteiger charge is -2.32. The second kappa shape index (κ2) is 8.95. The predicted molar refractivity (Wildman–Crippen MR) is 115 cm³/mol. The van der Waals surface area contributed by atoms with Gasteiger partial charge in [0.2, 0.25) is 5.91 Å². The summed E-state index contributed by atoms with van der Waals surface area (Å²) in [5.41, 5.74) is 4.47. The molecule has 3 rings (SSSR count). The van der Waals surface area contributed by atoms with Gasteiger partial charge >= 0.3 is 5.97 Å². The molecular weight excluding hydrogens is 380 g/mol. The van der Waals surface area contributed by atoms with Gasteiger partial charge in [-0.25, -0.2) is 0 Å². The Kier molecular flexibility index (Phi) is 6.35. The second-order valence-corrected chi connectivity index (χ2v) is 7.53. The number of carbonyl (C=O) groups excluding carboxylic acids is 3. The number of carbonyl (C=O) groups is 3. The van der Waals surface area contributed by atoms with E-state index in [9.17, 15) is 14.4 Å². The fraction of sp³-hybridized carbons (Fsp3) is 0.292. The third-order valence-electron chi connectivity index (χ3n) is 5.16. The molecular formula is C24H26N2O4. The van der Waals surface area contributed by atoms with Crippen LogP contribution in [0.3, 0.4) is 0 Å². The molecule has 1 N–H and O–H groups in total. The maximum absolute atomic E-state index is 12.6. The lowest BCUT2D eigenvalue weighted by molar-refractivity contribution is -0.154. The smallest absolute Gasteiger partial charge is 0.309 e. The average Bonchev–Trinajstić information content (AvgIpc) is 2.70. The van der Waals surface area contributed by atoms with Crippen LogP contribution in [0.2, 0.25) is 0 Å². The minimum atomic E-state index is -0.961. The largest absolute Gasteiger partial charge is 0.452 e. The molecule has 0 bridgehead atoms. The fourth-order valence-electron chi connectivity index (χ4n) is 3.47. The summed E-state index contributed by atoms with van der Waals surface area (Å²) in [6.07, 6.45) is 2.53. The number of aryl methyl sites for hydroxylation is 2. The Balaban J connectivity index is 1.68. The van der Waals surface area contributed by atoms with E-state index in [-0.39, 0.29) is 12.3 Å². The number of anilines is 1. The van der Waals surface area contributed by atoms with Gasteiger partial charge < -0.3 is 15.0 Å². The molecule has 2 atom stereocenters. The average molecular weight is 406 g/mol. The molecule has 156 valence electrons. The van der Waals surface area contributed by atoms with E-state index in [2.05, 4.69) is 5.32 Å². The maximum atomic E-state index is 12.6. The van der Waals surface area contributed by atoms with Crippen LogP contribution in [0.1, 0.15) is 48.6 Å². The van der Waals surface area contributed by atoms with E-state index in [0.717, 1.165) is 22.3 Å². The van der Waals surface area contributed by atoms with Crippen molar-refractivity contribution in [2.24, 2.45) is 0 Å². The zero-order valence-electron chi connectivity index (χ0n) is 17.6. The number of rotatable bonds is 5. The van der Waals surface area contributed by atoms with Crippen LogP contribution in [0.5, 0.6) is 0 Å². The molecule has 0 aliphatic carbocycles.